The minimum absolute atomic E-state index is 0.271. The summed E-state index contributed by atoms with van der Waals surface area (Å²) in [7, 11) is 1.58. The Morgan fingerprint density at radius 3 is 2.54 bits per heavy atom. The molecule has 6 nitrogen and oxygen atoms in total. The van der Waals surface area contributed by atoms with Crippen LogP contribution in [0.3, 0.4) is 0 Å². The maximum Gasteiger partial charge on any atom is 0.333 e. The van der Waals surface area contributed by atoms with Crippen LogP contribution in [-0.4, -0.2) is 41.4 Å². The third-order valence-electron chi connectivity index (χ3n) is 5.66. The highest BCUT2D eigenvalue weighted by atomic mass is 79.9. The van der Waals surface area contributed by atoms with E-state index in [2.05, 4.69) is 22.9 Å². The number of amides is 1. The van der Waals surface area contributed by atoms with E-state index in [9.17, 15) is 9.59 Å². The first-order valence-electron chi connectivity index (χ1n) is 12.4. The maximum atomic E-state index is 13.5. The van der Waals surface area contributed by atoms with Crippen molar-refractivity contribution >= 4 is 62.2 Å². The molecule has 9 heteroatoms. The molecule has 1 unspecified atom stereocenters. The molecule has 1 heterocycles. The average molecular weight is 607 g/mol. The molecule has 0 radical (unpaired) electrons. The monoisotopic (exact) mass is 605 g/mol. The molecule has 0 aromatic heterocycles. The highest BCUT2D eigenvalue weighted by molar-refractivity contribution is 9.10. The van der Waals surface area contributed by atoms with E-state index < -0.39 is 12.0 Å². The molecule has 2 aromatic carbocycles. The van der Waals surface area contributed by atoms with Gasteiger partial charge in [0.25, 0.3) is 5.91 Å². The fourth-order valence-electron chi connectivity index (χ4n) is 3.83. The number of rotatable bonds is 13. The number of carbonyl (C=O) groups excluding carboxylic acids is 2. The molecule has 1 saturated heterocycles. The number of halogens is 1. The molecule has 1 aliphatic heterocycles. The van der Waals surface area contributed by atoms with Crippen LogP contribution in [0.4, 0.5) is 0 Å². The van der Waals surface area contributed by atoms with Crippen LogP contribution in [0.15, 0.2) is 51.8 Å². The van der Waals surface area contributed by atoms with Crippen molar-refractivity contribution in [3.63, 3.8) is 0 Å². The first kappa shape index (κ1) is 29.2. The Morgan fingerprint density at radius 2 is 1.86 bits per heavy atom. The van der Waals surface area contributed by atoms with E-state index in [4.69, 9.17) is 26.4 Å². The molecule has 37 heavy (non-hydrogen) atoms. The van der Waals surface area contributed by atoms with E-state index in [1.165, 1.54) is 17.7 Å². The lowest BCUT2D eigenvalue weighted by atomic mass is 10.1. The third-order valence-corrected chi connectivity index (χ3v) is 7.58. The Labute approximate surface area is 236 Å². The summed E-state index contributed by atoms with van der Waals surface area (Å²) in [6.45, 7) is 4.96. The largest absolute Gasteiger partial charge is 0.493 e. The van der Waals surface area contributed by atoms with Gasteiger partial charge < -0.3 is 14.2 Å². The van der Waals surface area contributed by atoms with Gasteiger partial charge in [-0.15, -0.1) is 0 Å². The maximum absolute atomic E-state index is 13.5. The summed E-state index contributed by atoms with van der Waals surface area (Å²) in [4.78, 5) is 28.3. The topological polar surface area (TPSA) is 65.1 Å². The van der Waals surface area contributed by atoms with E-state index in [0.29, 0.717) is 39.3 Å². The number of hydrogen-bond donors (Lipinski definition) is 0. The van der Waals surface area contributed by atoms with Crippen LogP contribution in [0.25, 0.3) is 6.08 Å². The zero-order valence-corrected chi connectivity index (χ0v) is 24.5. The summed E-state index contributed by atoms with van der Waals surface area (Å²) in [5.41, 5.74) is 1.39. The number of thioether (sulfide) groups is 1. The molecule has 1 fully saturated rings. The van der Waals surface area contributed by atoms with Gasteiger partial charge in [0.15, 0.2) is 17.5 Å². The van der Waals surface area contributed by atoms with Crippen molar-refractivity contribution in [2.24, 2.45) is 0 Å². The van der Waals surface area contributed by atoms with E-state index in [1.54, 1.807) is 25.3 Å². The second-order valence-electron chi connectivity index (χ2n) is 8.48. The summed E-state index contributed by atoms with van der Waals surface area (Å²) in [6, 6.07) is 11.8. The van der Waals surface area contributed by atoms with Gasteiger partial charge in [0.05, 0.1) is 29.7 Å². The number of unbranched alkanes of at least 4 members (excludes halogenated alkanes) is 3. The quantitative estimate of drug-likeness (QED) is 0.103. The smallest absolute Gasteiger partial charge is 0.333 e. The first-order valence-corrected chi connectivity index (χ1v) is 14.4. The van der Waals surface area contributed by atoms with Crippen molar-refractivity contribution in [3.05, 3.63) is 63.0 Å². The predicted octanol–water partition coefficient (Wildman–Crippen LogP) is 7.31. The van der Waals surface area contributed by atoms with Gasteiger partial charge in [-0.3, -0.25) is 9.69 Å². The number of ether oxygens (including phenoxy) is 3. The number of benzene rings is 2. The van der Waals surface area contributed by atoms with Gasteiger partial charge in [-0.05, 0) is 58.1 Å². The van der Waals surface area contributed by atoms with Gasteiger partial charge >= 0.3 is 5.97 Å². The molecule has 0 N–H and O–H groups in total. The van der Waals surface area contributed by atoms with Crippen molar-refractivity contribution in [2.75, 3.05) is 20.3 Å². The Kier molecular flexibility index (Phi) is 11.5. The van der Waals surface area contributed by atoms with Crippen LogP contribution >= 0.6 is 39.9 Å². The summed E-state index contributed by atoms with van der Waals surface area (Å²) in [6.07, 6.45) is 6.86. The Balaban J connectivity index is 1.86. The normalized spacial score (nSPS) is 15.2. The molecular weight excluding hydrogens is 574 g/mol. The van der Waals surface area contributed by atoms with Gasteiger partial charge in [0, 0.05) is 0 Å². The highest BCUT2D eigenvalue weighted by Crippen LogP contribution is 2.41. The SMILES string of the molecule is CCCCCCOc1c(Br)cc(/C=C2\SC(=S)N(C(C(=O)OCCC)c3ccccc3)C2=O)cc1OC. The second-order valence-corrected chi connectivity index (χ2v) is 11.0. The fraction of sp³-hybridized carbons (Fsp3) is 0.393. The molecule has 0 aliphatic carbocycles. The Morgan fingerprint density at radius 1 is 1.11 bits per heavy atom. The number of nitrogens with zero attached hydrogens (tertiary/aromatic N) is 1. The van der Waals surface area contributed by atoms with E-state index in [0.717, 1.165) is 34.6 Å². The third kappa shape index (κ3) is 7.58. The van der Waals surface area contributed by atoms with Gasteiger partial charge in [0.2, 0.25) is 0 Å². The highest BCUT2D eigenvalue weighted by Gasteiger charge is 2.42. The number of esters is 1. The molecular formula is C28H32BrNO5S2. The molecule has 2 aromatic rings. The number of thiocarbonyl (C=S) groups is 1. The first-order chi connectivity index (χ1) is 17.9. The lowest BCUT2D eigenvalue weighted by Gasteiger charge is -2.25. The van der Waals surface area contributed by atoms with Crippen molar-refractivity contribution in [3.8, 4) is 11.5 Å². The number of carbonyl (C=O) groups is 2. The molecule has 0 spiro atoms. The molecule has 198 valence electrons. The minimum Gasteiger partial charge on any atom is -0.493 e. The average Bonchev–Trinajstić information content (AvgIpc) is 3.16. The lowest BCUT2D eigenvalue weighted by molar-refractivity contribution is -0.151. The Hall–Kier alpha value is -2.36. The van der Waals surface area contributed by atoms with Crippen molar-refractivity contribution in [2.45, 2.75) is 52.0 Å². The van der Waals surface area contributed by atoms with Gasteiger partial charge in [-0.25, -0.2) is 4.79 Å². The Bertz CT molecular complexity index is 1140. The summed E-state index contributed by atoms with van der Waals surface area (Å²) < 4.78 is 18.0. The second kappa shape index (κ2) is 14.5. The van der Waals surface area contributed by atoms with Crippen LogP contribution in [0.2, 0.25) is 0 Å². The van der Waals surface area contributed by atoms with E-state index in [-0.39, 0.29) is 12.5 Å². The fourth-order valence-corrected chi connectivity index (χ4v) is 5.71. The van der Waals surface area contributed by atoms with Crippen LogP contribution in [0.1, 0.15) is 63.1 Å². The lowest BCUT2D eigenvalue weighted by Crippen LogP contribution is -2.38. The van der Waals surface area contributed by atoms with Crippen molar-refractivity contribution < 1.29 is 23.8 Å². The molecule has 0 bridgehead atoms. The van der Waals surface area contributed by atoms with Gasteiger partial charge in [-0.1, -0.05) is 87.4 Å². The number of methoxy groups -OCH3 is 1. The van der Waals surface area contributed by atoms with Gasteiger partial charge in [-0.2, -0.15) is 0 Å². The molecule has 0 saturated carbocycles. The number of hydrogen-bond acceptors (Lipinski definition) is 7. The van der Waals surface area contributed by atoms with Crippen molar-refractivity contribution in [1.29, 1.82) is 0 Å². The summed E-state index contributed by atoms with van der Waals surface area (Å²) >= 11 is 10.3. The molecule has 3 rings (SSSR count). The standard InChI is InChI=1S/C28H32BrNO5S2/c1-4-6-7-11-15-34-25-21(29)16-19(17-22(25)33-3)18-23-26(31)30(28(36)37-23)24(27(32)35-14-5-2)20-12-9-8-10-13-20/h8-10,12-13,16-18,24H,4-7,11,14-15H2,1-3H3/b23-18-. The zero-order valence-electron chi connectivity index (χ0n) is 21.3. The summed E-state index contributed by atoms with van der Waals surface area (Å²) in [5, 5.41) is 0. The zero-order chi connectivity index (χ0) is 26.8. The van der Waals surface area contributed by atoms with Gasteiger partial charge in [0.1, 0.15) is 4.32 Å². The van der Waals surface area contributed by atoms with E-state index >= 15 is 0 Å². The van der Waals surface area contributed by atoms with Crippen LogP contribution in [-0.2, 0) is 14.3 Å². The van der Waals surface area contributed by atoms with Crippen LogP contribution in [0, 0.1) is 0 Å². The predicted molar refractivity (Wildman–Crippen MR) is 156 cm³/mol. The molecule has 1 atom stereocenters. The minimum atomic E-state index is -0.948. The van der Waals surface area contributed by atoms with Crippen molar-refractivity contribution in [1.82, 2.24) is 4.90 Å². The molecule has 1 amide bonds. The molecule has 1 aliphatic rings. The summed E-state index contributed by atoms with van der Waals surface area (Å²) in [5.74, 6) is 0.350. The van der Waals surface area contributed by atoms with E-state index in [1.807, 2.05) is 37.3 Å². The van der Waals surface area contributed by atoms with Crippen LogP contribution in [0.5, 0.6) is 11.5 Å². The van der Waals surface area contributed by atoms with Crippen LogP contribution < -0.4 is 9.47 Å².